The number of hydrogen-bond donors (Lipinski definition) is 2. The lowest BCUT2D eigenvalue weighted by Crippen LogP contribution is -2.53. The number of carboxylic acids is 1. The Hall–Kier alpha value is -0.610. The van der Waals surface area contributed by atoms with Gasteiger partial charge in [-0.05, 0) is 44.1 Å². The van der Waals surface area contributed by atoms with E-state index in [1.165, 1.54) is 0 Å². The molecule has 1 aliphatic rings. The maximum Gasteiger partial charge on any atom is 0.324 e. The number of aliphatic carboxylic acids is 1. The van der Waals surface area contributed by atoms with Crippen LogP contribution in [0.5, 0.6) is 0 Å². The molecule has 1 saturated carbocycles. The van der Waals surface area contributed by atoms with Crippen LogP contribution in [-0.4, -0.2) is 36.9 Å². The van der Waals surface area contributed by atoms with Crippen LogP contribution < -0.4 is 5.32 Å². The fourth-order valence-electron chi connectivity index (χ4n) is 2.89. The van der Waals surface area contributed by atoms with Gasteiger partial charge in [0.25, 0.3) is 0 Å². The number of hydrogen-bond acceptors (Lipinski definition) is 3. The van der Waals surface area contributed by atoms with Crippen molar-refractivity contribution in [3.63, 3.8) is 0 Å². The Labute approximate surface area is 116 Å². The first-order chi connectivity index (χ1) is 8.82. The Morgan fingerprint density at radius 3 is 2.63 bits per heavy atom. The molecule has 2 N–H and O–H groups in total. The van der Waals surface area contributed by atoms with Gasteiger partial charge in [-0.15, -0.1) is 0 Å². The van der Waals surface area contributed by atoms with Crippen LogP contribution in [0, 0.1) is 11.3 Å². The fourth-order valence-corrected chi connectivity index (χ4v) is 2.89. The topological polar surface area (TPSA) is 58.6 Å². The zero-order valence-electron chi connectivity index (χ0n) is 12.8. The number of nitrogens with one attached hydrogen (secondary N) is 1. The van der Waals surface area contributed by atoms with Crippen LogP contribution in [0.1, 0.15) is 52.9 Å². The van der Waals surface area contributed by atoms with Gasteiger partial charge in [0.05, 0.1) is 0 Å². The van der Waals surface area contributed by atoms with E-state index in [1.54, 1.807) is 7.05 Å². The molecular formula is C15H29NO3. The minimum Gasteiger partial charge on any atom is -0.480 e. The first-order valence-electron chi connectivity index (χ1n) is 7.32. The number of carbonyl (C=O) groups is 1. The van der Waals surface area contributed by atoms with Gasteiger partial charge >= 0.3 is 5.97 Å². The first-order valence-corrected chi connectivity index (χ1v) is 7.32. The summed E-state index contributed by atoms with van der Waals surface area (Å²) in [6.45, 7) is 8.02. The van der Waals surface area contributed by atoms with Crippen molar-refractivity contribution >= 4 is 5.97 Å². The molecule has 112 valence electrons. The number of rotatable bonds is 7. The second-order valence-electron chi connectivity index (χ2n) is 6.83. The molecule has 0 bridgehead atoms. The maximum absolute atomic E-state index is 11.5. The quantitative estimate of drug-likeness (QED) is 0.699. The normalized spacial score (nSPS) is 27.7. The molecule has 4 heteroatoms. The van der Waals surface area contributed by atoms with Crippen molar-refractivity contribution in [3.05, 3.63) is 0 Å². The molecule has 0 spiro atoms. The lowest BCUT2D eigenvalue weighted by atomic mass is 9.85. The highest BCUT2D eigenvalue weighted by Crippen LogP contribution is 2.38. The maximum atomic E-state index is 11.5. The Morgan fingerprint density at radius 1 is 1.42 bits per heavy atom. The summed E-state index contributed by atoms with van der Waals surface area (Å²) in [5.41, 5.74) is -0.434. The van der Waals surface area contributed by atoms with Gasteiger partial charge in [0, 0.05) is 13.2 Å². The fraction of sp³-hybridized carbons (Fsp3) is 0.933. The summed E-state index contributed by atoms with van der Waals surface area (Å²) in [5.74, 6) is -0.531. The molecule has 1 rings (SSSR count). The third-order valence-electron chi connectivity index (χ3n) is 4.26. The summed E-state index contributed by atoms with van der Waals surface area (Å²) in [6, 6.07) is 0. The minimum atomic E-state index is -0.729. The van der Waals surface area contributed by atoms with Crippen LogP contribution in [-0.2, 0) is 9.53 Å². The Morgan fingerprint density at radius 2 is 2.11 bits per heavy atom. The SMILES string of the molecule is CNC1(C(=O)O)CCCC1CCOCCC(C)(C)C. The predicted molar refractivity (Wildman–Crippen MR) is 76.3 cm³/mol. The van der Waals surface area contributed by atoms with E-state index >= 15 is 0 Å². The molecule has 1 aliphatic carbocycles. The van der Waals surface area contributed by atoms with Crippen molar-refractivity contribution in [1.29, 1.82) is 0 Å². The molecule has 0 aromatic heterocycles. The molecule has 0 aromatic rings. The molecule has 0 saturated heterocycles. The van der Waals surface area contributed by atoms with E-state index in [-0.39, 0.29) is 5.92 Å². The molecule has 19 heavy (non-hydrogen) atoms. The largest absolute Gasteiger partial charge is 0.480 e. The molecule has 0 aliphatic heterocycles. The van der Waals surface area contributed by atoms with E-state index < -0.39 is 11.5 Å². The summed E-state index contributed by atoms with van der Waals surface area (Å²) in [5, 5.41) is 12.5. The smallest absolute Gasteiger partial charge is 0.324 e. The minimum absolute atomic E-state index is 0.185. The van der Waals surface area contributed by atoms with Crippen molar-refractivity contribution in [2.45, 2.75) is 58.4 Å². The van der Waals surface area contributed by atoms with Crippen LogP contribution in [0.4, 0.5) is 0 Å². The number of likely N-dealkylation sites (N-methyl/N-ethyl adjacent to an activating group) is 1. The van der Waals surface area contributed by atoms with Gasteiger partial charge in [-0.1, -0.05) is 27.2 Å². The first kappa shape index (κ1) is 16.4. The zero-order chi connectivity index (χ0) is 14.5. The predicted octanol–water partition coefficient (Wildman–Crippen LogP) is 2.67. The third kappa shape index (κ3) is 4.46. The van der Waals surface area contributed by atoms with Crippen molar-refractivity contribution in [1.82, 2.24) is 5.32 Å². The molecule has 0 amide bonds. The van der Waals surface area contributed by atoms with Crippen LogP contribution in [0.2, 0.25) is 0 Å². The second kappa shape index (κ2) is 6.71. The summed E-state index contributed by atoms with van der Waals surface area (Å²) >= 11 is 0. The number of carboxylic acid groups (broad SMARTS) is 1. The average Bonchev–Trinajstić information content (AvgIpc) is 2.71. The van der Waals surface area contributed by atoms with E-state index in [1.807, 2.05) is 0 Å². The van der Waals surface area contributed by atoms with Crippen molar-refractivity contribution < 1.29 is 14.6 Å². The van der Waals surface area contributed by atoms with Gasteiger partial charge in [-0.25, -0.2) is 0 Å². The molecule has 2 unspecified atom stereocenters. The summed E-state index contributed by atoms with van der Waals surface area (Å²) in [7, 11) is 1.76. The molecule has 4 nitrogen and oxygen atoms in total. The Balaban J connectivity index is 2.34. The van der Waals surface area contributed by atoms with Crippen molar-refractivity contribution in [3.8, 4) is 0 Å². The van der Waals surface area contributed by atoms with Gasteiger partial charge in [0.15, 0.2) is 0 Å². The van der Waals surface area contributed by atoms with Crippen LogP contribution in [0.3, 0.4) is 0 Å². The van der Waals surface area contributed by atoms with E-state index in [9.17, 15) is 9.90 Å². The van der Waals surface area contributed by atoms with Gasteiger partial charge in [-0.2, -0.15) is 0 Å². The van der Waals surface area contributed by atoms with Crippen LogP contribution in [0.25, 0.3) is 0 Å². The molecule has 0 aromatic carbocycles. The van der Waals surface area contributed by atoms with E-state index in [0.29, 0.717) is 12.0 Å². The van der Waals surface area contributed by atoms with Gasteiger partial charge in [0.1, 0.15) is 5.54 Å². The van der Waals surface area contributed by atoms with Gasteiger partial charge < -0.3 is 15.2 Å². The Bertz CT molecular complexity index is 298. The summed E-state index contributed by atoms with van der Waals surface area (Å²) in [4.78, 5) is 11.5. The van der Waals surface area contributed by atoms with Gasteiger partial charge in [0.2, 0.25) is 0 Å². The van der Waals surface area contributed by atoms with Gasteiger partial charge in [-0.3, -0.25) is 4.79 Å². The van der Waals surface area contributed by atoms with E-state index in [2.05, 4.69) is 26.1 Å². The summed E-state index contributed by atoms with van der Waals surface area (Å²) in [6.07, 6.45) is 4.56. The van der Waals surface area contributed by atoms with Crippen molar-refractivity contribution in [2.24, 2.45) is 11.3 Å². The highest BCUT2D eigenvalue weighted by atomic mass is 16.5. The zero-order valence-corrected chi connectivity index (χ0v) is 12.8. The third-order valence-corrected chi connectivity index (χ3v) is 4.26. The lowest BCUT2D eigenvalue weighted by molar-refractivity contribution is -0.146. The summed E-state index contributed by atoms with van der Waals surface area (Å²) < 4.78 is 5.67. The number of ether oxygens (including phenoxy) is 1. The monoisotopic (exact) mass is 271 g/mol. The van der Waals surface area contributed by atoms with Crippen LogP contribution in [0.15, 0.2) is 0 Å². The van der Waals surface area contributed by atoms with Crippen LogP contribution >= 0.6 is 0 Å². The molecule has 0 radical (unpaired) electrons. The standard InChI is InChI=1S/C15H29NO3/c1-14(2,3)9-11-19-10-7-12-6-5-8-15(12,16-4)13(17)18/h12,16H,5-11H2,1-4H3,(H,17,18). The van der Waals surface area contributed by atoms with E-state index in [0.717, 1.165) is 38.7 Å². The highest BCUT2D eigenvalue weighted by Gasteiger charge is 2.47. The Kier molecular flexibility index (Phi) is 5.81. The molecule has 2 atom stereocenters. The second-order valence-corrected chi connectivity index (χ2v) is 6.83. The lowest BCUT2D eigenvalue weighted by Gasteiger charge is -2.31. The van der Waals surface area contributed by atoms with Crippen molar-refractivity contribution in [2.75, 3.05) is 20.3 Å². The molecule has 0 heterocycles. The molecule has 1 fully saturated rings. The average molecular weight is 271 g/mol. The van der Waals surface area contributed by atoms with E-state index in [4.69, 9.17) is 4.74 Å². The molecular weight excluding hydrogens is 242 g/mol. The highest BCUT2D eigenvalue weighted by molar-refractivity contribution is 5.79.